The van der Waals surface area contributed by atoms with Crippen LogP contribution < -0.4 is 4.74 Å². The number of hydrogen-bond acceptors (Lipinski definition) is 1. The van der Waals surface area contributed by atoms with Gasteiger partial charge in [-0.3, -0.25) is 0 Å². The molecule has 2 aromatic carbocycles. The quantitative estimate of drug-likeness (QED) is 0.510. The van der Waals surface area contributed by atoms with Gasteiger partial charge >= 0.3 is 30.0 Å². The van der Waals surface area contributed by atoms with Gasteiger partial charge in [0.15, 0.2) is 5.75 Å². The standard InChI is InChI=1S/C13H9Cl2O.BrH.Zn/c14-11-7-4-8-12(15)13(11)16-9-10-5-2-1-3-6-10;;/h2-8H,9H2;1H;/q-1;;+2/p-1. The molecule has 0 unspecified atom stereocenters. The van der Waals surface area contributed by atoms with Gasteiger partial charge in [0.25, 0.3) is 0 Å². The Hall–Kier alpha value is -0.0766. The van der Waals surface area contributed by atoms with Gasteiger partial charge in [-0.15, -0.1) is 5.56 Å². The van der Waals surface area contributed by atoms with Crippen LogP contribution in [0.3, 0.4) is 0 Å². The Balaban J connectivity index is 0.000000771. The molecule has 1 nitrogen and oxygen atoms in total. The van der Waals surface area contributed by atoms with Crippen LogP contribution in [0.25, 0.3) is 0 Å². The zero-order chi connectivity index (χ0) is 13.4. The molecule has 5 heteroatoms. The van der Waals surface area contributed by atoms with Gasteiger partial charge in [0.2, 0.25) is 0 Å². The van der Waals surface area contributed by atoms with E-state index in [1.54, 1.807) is 18.2 Å². The van der Waals surface area contributed by atoms with Gasteiger partial charge in [-0.25, -0.2) is 0 Å². The fourth-order valence-electron chi connectivity index (χ4n) is 1.29. The molecule has 0 bridgehead atoms. The Bertz CT molecular complexity index is 459. The molecule has 0 aliphatic carbocycles. The van der Waals surface area contributed by atoms with E-state index in [4.69, 9.17) is 27.9 Å². The van der Waals surface area contributed by atoms with Crippen molar-refractivity contribution in [3.63, 3.8) is 0 Å². The third kappa shape index (κ3) is 4.89. The summed E-state index contributed by atoms with van der Waals surface area (Å²) in [7, 11) is 0. The number of hydrogen-bond donors (Lipinski definition) is 0. The summed E-state index contributed by atoms with van der Waals surface area (Å²) >= 11 is 16.2. The van der Waals surface area contributed by atoms with Gasteiger partial charge in [-0.05, 0) is 12.1 Å². The van der Waals surface area contributed by atoms with Crippen molar-refractivity contribution in [1.29, 1.82) is 0 Å². The van der Waals surface area contributed by atoms with Crippen LogP contribution in [0, 0.1) is 6.07 Å². The minimum absolute atomic E-state index is 0.443. The van der Waals surface area contributed by atoms with E-state index in [-0.39, 0.29) is 0 Å². The summed E-state index contributed by atoms with van der Waals surface area (Å²) in [4.78, 5) is 0. The molecular formula is C13H9BrCl2OZn. The average Bonchev–Trinajstić information content (AvgIpc) is 2.42. The second-order valence-corrected chi connectivity index (χ2v) is 4.06. The van der Waals surface area contributed by atoms with Gasteiger partial charge in [-0.1, -0.05) is 29.3 Å². The Morgan fingerprint density at radius 1 is 1.06 bits per heavy atom. The monoisotopic (exact) mass is 394 g/mol. The second-order valence-electron chi connectivity index (χ2n) is 3.25. The fraction of sp³-hybridized carbons (Fsp3) is 0.0769. The summed E-state index contributed by atoms with van der Waals surface area (Å²) in [5.74, 6) is 0.527. The molecule has 0 spiro atoms. The molecule has 2 rings (SSSR count). The molecule has 0 radical (unpaired) electrons. The van der Waals surface area contributed by atoms with Gasteiger partial charge < -0.3 is 4.74 Å². The number of rotatable bonds is 3. The van der Waals surface area contributed by atoms with E-state index >= 15 is 0 Å². The third-order valence-electron chi connectivity index (χ3n) is 2.09. The van der Waals surface area contributed by atoms with Crippen LogP contribution in [0.15, 0.2) is 42.5 Å². The van der Waals surface area contributed by atoms with E-state index in [9.17, 15) is 0 Å². The molecule has 0 atom stereocenters. The number of ether oxygens (including phenoxy) is 1. The molecule has 0 heterocycles. The van der Waals surface area contributed by atoms with Crippen molar-refractivity contribution in [2.75, 3.05) is 0 Å². The van der Waals surface area contributed by atoms with Crippen LogP contribution in [-0.2, 0) is 22.9 Å². The summed E-state index contributed by atoms with van der Waals surface area (Å²) in [6.07, 6.45) is 0. The number of benzene rings is 2. The predicted molar refractivity (Wildman–Crippen MR) is 75.0 cm³/mol. The van der Waals surface area contributed by atoms with Gasteiger partial charge in [0.1, 0.15) is 0 Å². The molecule has 18 heavy (non-hydrogen) atoms. The predicted octanol–water partition coefficient (Wildman–Crippen LogP) is 5.22. The summed E-state index contributed by atoms with van der Waals surface area (Å²) in [5, 5.41) is 1.05. The van der Waals surface area contributed by atoms with Crippen molar-refractivity contribution in [2.45, 2.75) is 6.61 Å². The van der Waals surface area contributed by atoms with Crippen LogP contribution >= 0.6 is 36.8 Å². The summed E-state index contributed by atoms with van der Waals surface area (Å²) in [5.41, 5.74) is 1.05. The van der Waals surface area contributed by atoms with Crippen molar-refractivity contribution < 1.29 is 21.1 Å². The third-order valence-corrected chi connectivity index (χ3v) is 2.68. The van der Waals surface area contributed by atoms with E-state index in [1.807, 2.05) is 24.3 Å². The van der Waals surface area contributed by atoms with E-state index < -0.39 is 0 Å². The van der Waals surface area contributed by atoms with Gasteiger partial charge in [0, 0.05) is 0 Å². The van der Waals surface area contributed by atoms with Crippen LogP contribution in [-0.4, -0.2) is 0 Å². The van der Waals surface area contributed by atoms with E-state index in [2.05, 4.69) is 19.7 Å². The van der Waals surface area contributed by atoms with Crippen LogP contribution in [0.2, 0.25) is 10.0 Å². The van der Waals surface area contributed by atoms with Crippen LogP contribution in [0.4, 0.5) is 0 Å². The van der Waals surface area contributed by atoms with E-state index in [1.165, 1.54) is 16.3 Å². The first-order valence-corrected chi connectivity index (χ1v) is 12.8. The maximum absolute atomic E-state index is 5.98. The molecule has 0 fully saturated rings. The molecule has 0 N–H and O–H groups in total. The molecule has 90 valence electrons. The Morgan fingerprint density at radius 3 is 2.17 bits per heavy atom. The normalized spacial score (nSPS) is 9.39. The van der Waals surface area contributed by atoms with Crippen molar-refractivity contribution in [3.05, 3.63) is 64.1 Å². The van der Waals surface area contributed by atoms with Crippen molar-refractivity contribution in [2.24, 2.45) is 0 Å². The fourth-order valence-corrected chi connectivity index (χ4v) is 1.80. The molecule has 0 saturated carbocycles. The van der Waals surface area contributed by atoms with E-state index in [0.29, 0.717) is 22.4 Å². The molecule has 0 aliphatic heterocycles. The Labute approximate surface area is 133 Å². The Kier molecular flexibility index (Phi) is 7.93. The van der Waals surface area contributed by atoms with Crippen molar-refractivity contribution in [1.82, 2.24) is 0 Å². The zero-order valence-electron chi connectivity index (χ0n) is 9.50. The first kappa shape index (κ1) is 16.0. The molecule has 0 aromatic heterocycles. The first-order chi connectivity index (χ1) is 8.77. The first-order valence-electron chi connectivity index (χ1n) is 5.06. The summed E-state index contributed by atoms with van der Waals surface area (Å²) in [6.45, 7) is 0.443. The Morgan fingerprint density at radius 2 is 1.61 bits per heavy atom. The van der Waals surface area contributed by atoms with Crippen LogP contribution in [0.1, 0.15) is 5.56 Å². The molecular weight excluding hydrogens is 388 g/mol. The second kappa shape index (κ2) is 8.93. The average molecular weight is 397 g/mol. The number of para-hydroxylation sites is 1. The van der Waals surface area contributed by atoms with Crippen molar-refractivity contribution in [3.8, 4) is 5.75 Å². The minimum atomic E-state index is 0.443. The van der Waals surface area contributed by atoms with E-state index in [0.717, 1.165) is 5.56 Å². The summed E-state index contributed by atoms with van der Waals surface area (Å²) < 4.78 is 5.58. The molecule has 0 saturated heterocycles. The van der Waals surface area contributed by atoms with Crippen molar-refractivity contribution >= 4 is 36.8 Å². The molecule has 0 amide bonds. The molecule has 0 aliphatic rings. The maximum atomic E-state index is 5.98. The number of halogens is 3. The van der Waals surface area contributed by atoms with Crippen LogP contribution in [0.5, 0.6) is 5.75 Å². The SMILES string of the molecule is Clc1cccc(Cl)c1OCc1cc[c-]cc1.[Zn+][Br]. The molecule has 2 aromatic rings. The van der Waals surface area contributed by atoms with Gasteiger partial charge in [-0.2, -0.15) is 30.3 Å². The van der Waals surface area contributed by atoms with Gasteiger partial charge in [0.05, 0.1) is 16.7 Å². The topological polar surface area (TPSA) is 9.23 Å². The summed E-state index contributed by atoms with van der Waals surface area (Å²) in [6, 6.07) is 15.8. The zero-order valence-corrected chi connectivity index (χ0v) is 15.6.